The van der Waals surface area contributed by atoms with Gasteiger partial charge in [-0.3, -0.25) is 4.90 Å². The number of benzene rings is 1. The fourth-order valence-corrected chi connectivity index (χ4v) is 3.40. The summed E-state index contributed by atoms with van der Waals surface area (Å²) in [7, 11) is 5.01. The van der Waals surface area contributed by atoms with Gasteiger partial charge < -0.3 is 19.5 Å². The van der Waals surface area contributed by atoms with Crippen LogP contribution >= 0.6 is 24.8 Å². The van der Waals surface area contributed by atoms with Crippen molar-refractivity contribution in [3.05, 3.63) is 17.7 Å². The van der Waals surface area contributed by atoms with Crippen LogP contribution in [0.2, 0.25) is 0 Å². The van der Waals surface area contributed by atoms with Crippen LogP contribution in [-0.2, 0) is 0 Å². The Morgan fingerprint density at radius 3 is 2.08 bits per heavy atom. The molecule has 1 aliphatic heterocycles. The molecule has 0 amide bonds. The van der Waals surface area contributed by atoms with Crippen LogP contribution in [0.25, 0.3) is 0 Å². The first-order chi connectivity index (χ1) is 11.2. The molecule has 2 rings (SSSR count). The van der Waals surface area contributed by atoms with Crippen LogP contribution in [0.3, 0.4) is 0 Å². The van der Waals surface area contributed by atoms with E-state index in [1.165, 1.54) is 5.56 Å². The standard InChI is InChI=1S/C18H30N2O3.2ClH/c1-6-13(2)16(20-11-9-19-10-12-20)14-7-8-15(21-3)18(23-5)17(14)22-4;;/h7-8,13,16,19H,6,9-12H2,1-5H3;2*1H/t13?,16-;;/m0../s1. The highest BCUT2D eigenvalue weighted by atomic mass is 35.5. The van der Waals surface area contributed by atoms with Crippen LogP contribution < -0.4 is 19.5 Å². The van der Waals surface area contributed by atoms with E-state index >= 15 is 0 Å². The van der Waals surface area contributed by atoms with E-state index in [1.54, 1.807) is 21.3 Å². The smallest absolute Gasteiger partial charge is 0.203 e. The molecule has 1 saturated heterocycles. The second kappa shape index (κ2) is 11.7. The zero-order chi connectivity index (χ0) is 16.8. The molecule has 25 heavy (non-hydrogen) atoms. The predicted octanol–water partition coefficient (Wildman–Crippen LogP) is 3.55. The number of halogens is 2. The third kappa shape index (κ3) is 5.30. The van der Waals surface area contributed by atoms with Crippen molar-refractivity contribution in [2.45, 2.75) is 26.3 Å². The third-order valence-electron chi connectivity index (χ3n) is 4.78. The molecular weight excluding hydrogens is 363 g/mol. The first-order valence-electron chi connectivity index (χ1n) is 8.41. The number of piperazine rings is 1. The van der Waals surface area contributed by atoms with Gasteiger partial charge in [0.15, 0.2) is 11.5 Å². The van der Waals surface area contributed by atoms with E-state index in [0.717, 1.165) is 38.3 Å². The Labute approximate surface area is 164 Å². The van der Waals surface area contributed by atoms with Gasteiger partial charge in [-0.15, -0.1) is 24.8 Å². The molecule has 5 nitrogen and oxygen atoms in total. The minimum absolute atomic E-state index is 0. The Bertz CT molecular complexity index is 511. The first-order valence-corrected chi connectivity index (χ1v) is 8.41. The van der Waals surface area contributed by atoms with E-state index in [1.807, 2.05) is 6.07 Å². The topological polar surface area (TPSA) is 43.0 Å². The maximum Gasteiger partial charge on any atom is 0.203 e. The average Bonchev–Trinajstić information content (AvgIpc) is 2.61. The molecule has 0 spiro atoms. The van der Waals surface area contributed by atoms with E-state index in [4.69, 9.17) is 14.2 Å². The molecule has 146 valence electrons. The molecule has 0 bridgehead atoms. The number of nitrogens with one attached hydrogen (secondary N) is 1. The molecule has 1 heterocycles. The second-order valence-corrected chi connectivity index (χ2v) is 6.04. The van der Waals surface area contributed by atoms with Gasteiger partial charge in [0.05, 0.1) is 21.3 Å². The molecule has 1 unspecified atom stereocenters. The average molecular weight is 395 g/mol. The Balaban J connectivity index is 0.00000288. The van der Waals surface area contributed by atoms with Crippen LogP contribution in [0.5, 0.6) is 17.2 Å². The lowest BCUT2D eigenvalue weighted by Crippen LogP contribution is -2.46. The molecule has 0 radical (unpaired) electrons. The van der Waals surface area contributed by atoms with Gasteiger partial charge in [-0.1, -0.05) is 20.3 Å². The largest absolute Gasteiger partial charge is 0.493 e. The Morgan fingerprint density at radius 2 is 1.60 bits per heavy atom. The van der Waals surface area contributed by atoms with Crippen molar-refractivity contribution in [3.63, 3.8) is 0 Å². The Kier molecular flexibility index (Phi) is 11.3. The summed E-state index contributed by atoms with van der Waals surface area (Å²) in [6.45, 7) is 8.71. The van der Waals surface area contributed by atoms with Crippen LogP contribution in [-0.4, -0.2) is 52.4 Å². The highest BCUT2D eigenvalue weighted by Gasteiger charge is 2.31. The van der Waals surface area contributed by atoms with Gasteiger partial charge in [0.1, 0.15) is 0 Å². The molecule has 1 fully saturated rings. The number of methoxy groups -OCH3 is 3. The lowest BCUT2D eigenvalue weighted by molar-refractivity contribution is 0.125. The highest BCUT2D eigenvalue weighted by Crippen LogP contribution is 2.45. The maximum atomic E-state index is 5.73. The lowest BCUT2D eigenvalue weighted by atomic mass is 9.89. The van der Waals surface area contributed by atoms with Crippen molar-refractivity contribution in [3.8, 4) is 17.2 Å². The highest BCUT2D eigenvalue weighted by molar-refractivity contribution is 5.85. The van der Waals surface area contributed by atoms with Crippen molar-refractivity contribution in [2.24, 2.45) is 5.92 Å². The minimum Gasteiger partial charge on any atom is -0.493 e. The van der Waals surface area contributed by atoms with Gasteiger partial charge in [0.25, 0.3) is 0 Å². The third-order valence-corrected chi connectivity index (χ3v) is 4.78. The van der Waals surface area contributed by atoms with Crippen molar-refractivity contribution < 1.29 is 14.2 Å². The van der Waals surface area contributed by atoms with Crippen LogP contribution in [0.4, 0.5) is 0 Å². The summed E-state index contributed by atoms with van der Waals surface area (Å²) >= 11 is 0. The molecule has 1 aromatic rings. The lowest BCUT2D eigenvalue weighted by Gasteiger charge is -2.39. The van der Waals surface area contributed by atoms with Crippen molar-refractivity contribution in [1.82, 2.24) is 10.2 Å². The van der Waals surface area contributed by atoms with Gasteiger partial charge in [0.2, 0.25) is 5.75 Å². The van der Waals surface area contributed by atoms with Gasteiger partial charge >= 0.3 is 0 Å². The summed E-state index contributed by atoms with van der Waals surface area (Å²) in [4.78, 5) is 2.55. The SMILES string of the molecule is CCC(C)[C@@H](c1ccc(OC)c(OC)c1OC)N1CCNCC1.Cl.Cl. The molecule has 1 aromatic carbocycles. The molecule has 7 heteroatoms. The normalized spacial score (nSPS) is 16.8. The fraction of sp³-hybridized carbons (Fsp3) is 0.667. The Hall–Kier alpha value is -0.880. The van der Waals surface area contributed by atoms with Gasteiger partial charge in [-0.25, -0.2) is 0 Å². The molecule has 2 atom stereocenters. The molecular formula is C18H32Cl2N2O3. The molecule has 0 aromatic heterocycles. The predicted molar refractivity (Wildman–Crippen MR) is 107 cm³/mol. The van der Waals surface area contributed by atoms with E-state index in [0.29, 0.717) is 23.5 Å². The second-order valence-electron chi connectivity index (χ2n) is 6.04. The maximum absolute atomic E-state index is 5.73. The summed E-state index contributed by atoms with van der Waals surface area (Å²) < 4.78 is 16.7. The Morgan fingerprint density at radius 1 is 1.00 bits per heavy atom. The summed E-state index contributed by atoms with van der Waals surface area (Å²) in [5.41, 5.74) is 1.18. The summed E-state index contributed by atoms with van der Waals surface area (Å²) in [6.07, 6.45) is 1.12. The number of ether oxygens (including phenoxy) is 3. The molecule has 0 aliphatic carbocycles. The molecule has 0 saturated carbocycles. The summed E-state index contributed by atoms with van der Waals surface area (Å²) in [5.74, 6) is 2.70. The number of hydrogen-bond acceptors (Lipinski definition) is 5. The van der Waals surface area contributed by atoms with Crippen molar-refractivity contribution >= 4 is 24.8 Å². The first kappa shape index (κ1) is 24.1. The summed E-state index contributed by atoms with van der Waals surface area (Å²) in [6, 6.07) is 4.42. The molecule has 1 aliphatic rings. The quantitative estimate of drug-likeness (QED) is 0.765. The van der Waals surface area contributed by atoms with Crippen LogP contribution in [0.1, 0.15) is 31.9 Å². The van der Waals surface area contributed by atoms with Crippen LogP contribution in [0.15, 0.2) is 12.1 Å². The van der Waals surface area contributed by atoms with E-state index < -0.39 is 0 Å². The number of rotatable bonds is 7. The van der Waals surface area contributed by atoms with Gasteiger partial charge in [0, 0.05) is 37.8 Å². The van der Waals surface area contributed by atoms with E-state index in [-0.39, 0.29) is 24.8 Å². The monoisotopic (exact) mass is 394 g/mol. The summed E-state index contributed by atoms with van der Waals surface area (Å²) in [5, 5.41) is 3.43. The molecule has 1 N–H and O–H groups in total. The zero-order valence-corrected chi connectivity index (χ0v) is 17.5. The van der Waals surface area contributed by atoms with Crippen LogP contribution in [0, 0.1) is 5.92 Å². The van der Waals surface area contributed by atoms with Crippen molar-refractivity contribution in [2.75, 3.05) is 47.5 Å². The number of nitrogens with zero attached hydrogens (tertiary/aromatic N) is 1. The van der Waals surface area contributed by atoms with Gasteiger partial charge in [-0.05, 0) is 18.1 Å². The van der Waals surface area contributed by atoms with Gasteiger partial charge in [-0.2, -0.15) is 0 Å². The van der Waals surface area contributed by atoms with Crippen molar-refractivity contribution in [1.29, 1.82) is 0 Å². The fourth-order valence-electron chi connectivity index (χ4n) is 3.40. The number of hydrogen-bond donors (Lipinski definition) is 1. The van der Waals surface area contributed by atoms with E-state index in [9.17, 15) is 0 Å². The minimum atomic E-state index is 0. The zero-order valence-electron chi connectivity index (χ0n) is 15.8. The van der Waals surface area contributed by atoms with E-state index in [2.05, 4.69) is 30.1 Å².